The minimum atomic E-state index is 0.0148. The van der Waals surface area contributed by atoms with Gasteiger partial charge in [-0.2, -0.15) is 0 Å². The van der Waals surface area contributed by atoms with E-state index in [2.05, 4.69) is 5.32 Å². The summed E-state index contributed by atoms with van der Waals surface area (Å²) < 4.78 is 0. The molecule has 1 saturated heterocycles. The molecule has 0 unspecified atom stereocenters. The first kappa shape index (κ1) is 17.3. The summed E-state index contributed by atoms with van der Waals surface area (Å²) in [6.45, 7) is 5.39. The standard InChI is InChI=1S/C19H26N2O2/c1-3-6-18(22)20-17-9-5-12-21(14-17)19(23)11-10-16-8-4-7-15(2)13-16/h4,7-8,10-11,13,17H,3,5-6,9,12,14H2,1-2H3,(H,20,22)/b11-10+/t17-/m0/s1. The minimum absolute atomic E-state index is 0.0148. The van der Waals surface area contributed by atoms with E-state index in [0.717, 1.165) is 31.4 Å². The van der Waals surface area contributed by atoms with Crippen molar-refractivity contribution in [3.05, 3.63) is 41.5 Å². The molecule has 1 aromatic rings. The number of hydrogen-bond acceptors (Lipinski definition) is 2. The Morgan fingerprint density at radius 1 is 1.39 bits per heavy atom. The van der Waals surface area contributed by atoms with Crippen LogP contribution in [0.2, 0.25) is 0 Å². The second-order valence-electron chi connectivity index (χ2n) is 6.19. The van der Waals surface area contributed by atoms with Crippen LogP contribution in [0.25, 0.3) is 6.08 Å². The number of piperidine rings is 1. The molecule has 2 rings (SSSR count). The lowest BCUT2D eigenvalue weighted by Crippen LogP contribution is -2.49. The topological polar surface area (TPSA) is 49.4 Å². The van der Waals surface area contributed by atoms with Crippen LogP contribution in [0.4, 0.5) is 0 Å². The molecule has 1 heterocycles. The molecule has 23 heavy (non-hydrogen) atoms. The average Bonchev–Trinajstić information content (AvgIpc) is 2.53. The highest BCUT2D eigenvalue weighted by Crippen LogP contribution is 2.12. The normalized spacial score (nSPS) is 18.2. The van der Waals surface area contributed by atoms with Gasteiger partial charge in [-0.15, -0.1) is 0 Å². The van der Waals surface area contributed by atoms with Gasteiger partial charge in [0.15, 0.2) is 0 Å². The van der Waals surface area contributed by atoms with E-state index in [1.165, 1.54) is 5.56 Å². The van der Waals surface area contributed by atoms with Gasteiger partial charge in [-0.25, -0.2) is 0 Å². The second-order valence-corrected chi connectivity index (χ2v) is 6.19. The summed E-state index contributed by atoms with van der Waals surface area (Å²) in [5.41, 5.74) is 2.21. The predicted molar refractivity (Wildman–Crippen MR) is 92.9 cm³/mol. The van der Waals surface area contributed by atoms with Crippen LogP contribution in [0.3, 0.4) is 0 Å². The molecule has 0 radical (unpaired) electrons. The maximum Gasteiger partial charge on any atom is 0.246 e. The Hall–Kier alpha value is -2.10. The van der Waals surface area contributed by atoms with Gasteiger partial charge < -0.3 is 10.2 Å². The Morgan fingerprint density at radius 3 is 2.96 bits per heavy atom. The quantitative estimate of drug-likeness (QED) is 0.850. The Balaban J connectivity index is 1.90. The molecule has 2 amide bonds. The van der Waals surface area contributed by atoms with Crippen LogP contribution < -0.4 is 5.32 Å². The first-order valence-corrected chi connectivity index (χ1v) is 8.41. The van der Waals surface area contributed by atoms with Crippen molar-refractivity contribution in [1.82, 2.24) is 10.2 Å². The fourth-order valence-corrected chi connectivity index (χ4v) is 2.87. The molecule has 1 fully saturated rings. The summed E-state index contributed by atoms with van der Waals surface area (Å²) in [5, 5.41) is 3.03. The molecule has 0 saturated carbocycles. The minimum Gasteiger partial charge on any atom is -0.352 e. The Morgan fingerprint density at radius 2 is 2.22 bits per heavy atom. The molecule has 1 atom stereocenters. The van der Waals surface area contributed by atoms with Crippen molar-refractivity contribution in [3.8, 4) is 0 Å². The van der Waals surface area contributed by atoms with E-state index >= 15 is 0 Å². The third-order valence-electron chi connectivity index (χ3n) is 4.04. The molecular weight excluding hydrogens is 288 g/mol. The van der Waals surface area contributed by atoms with Crippen molar-refractivity contribution in [2.75, 3.05) is 13.1 Å². The zero-order valence-electron chi connectivity index (χ0n) is 14.0. The van der Waals surface area contributed by atoms with Gasteiger partial charge in [0.1, 0.15) is 0 Å². The number of nitrogens with one attached hydrogen (secondary N) is 1. The monoisotopic (exact) mass is 314 g/mol. The van der Waals surface area contributed by atoms with E-state index in [9.17, 15) is 9.59 Å². The molecule has 0 spiro atoms. The summed E-state index contributed by atoms with van der Waals surface area (Å²) in [4.78, 5) is 25.9. The van der Waals surface area contributed by atoms with Gasteiger partial charge >= 0.3 is 0 Å². The maximum absolute atomic E-state index is 12.3. The molecule has 1 aromatic carbocycles. The number of rotatable bonds is 5. The zero-order chi connectivity index (χ0) is 16.7. The SMILES string of the molecule is CCCC(=O)N[C@H]1CCCN(C(=O)/C=C/c2cccc(C)c2)C1. The van der Waals surface area contributed by atoms with Gasteiger partial charge in [-0.1, -0.05) is 36.8 Å². The van der Waals surface area contributed by atoms with Gasteiger partial charge in [0.05, 0.1) is 0 Å². The number of benzene rings is 1. The summed E-state index contributed by atoms with van der Waals surface area (Å²) >= 11 is 0. The van der Waals surface area contributed by atoms with Crippen molar-refractivity contribution in [3.63, 3.8) is 0 Å². The number of carbonyl (C=O) groups excluding carboxylic acids is 2. The molecule has 0 aliphatic carbocycles. The fraction of sp³-hybridized carbons (Fsp3) is 0.474. The van der Waals surface area contributed by atoms with Crippen LogP contribution in [-0.2, 0) is 9.59 Å². The van der Waals surface area contributed by atoms with Gasteiger partial charge in [-0.05, 0) is 37.8 Å². The lowest BCUT2D eigenvalue weighted by atomic mass is 10.0. The van der Waals surface area contributed by atoms with E-state index in [1.54, 1.807) is 6.08 Å². The van der Waals surface area contributed by atoms with Crippen LogP contribution in [0, 0.1) is 6.92 Å². The molecule has 4 heteroatoms. The third kappa shape index (κ3) is 5.55. The highest BCUT2D eigenvalue weighted by molar-refractivity contribution is 5.92. The van der Waals surface area contributed by atoms with Crippen molar-refractivity contribution < 1.29 is 9.59 Å². The Kier molecular flexibility index (Phi) is 6.39. The van der Waals surface area contributed by atoms with Gasteiger partial charge in [-0.3, -0.25) is 9.59 Å². The molecule has 1 aliphatic rings. The lowest BCUT2D eigenvalue weighted by Gasteiger charge is -2.32. The second kappa shape index (κ2) is 8.51. The largest absolute Gasteiger partial charge is 0.352 e. The van der Waals surface area contributed by atoms with Crippen molar-refractivity contribution in [2.45, 2.75) is 45.6 Å². The van der Waals surface area contributed by atoms with E-state index in [-0.39, 0.29) is 17.9 Å². The number of amides is 2. The first-order valence-electron chi connectivity index (χ1n) is 8.41. The maximum atomic E-state index is 12.3. The predicted octanol–water partition coefficient (Wildman–Crippen LogP) is 2.92. The number of likely N-dealkylation sites (tertiary alicyclic amines) is 1. The number of nitrogens with zero attached hydrogens (tertiary/aromatic N) is 1. The Bertz CT molecular complexity index is 580. The number of carbonyl (C=O) groups is 2. The van der Waals surface area contributed by atoms with Crippen LogP contribution in [0.5, 0.6) is 0 Å². The highest BCUT2D eigenvalue weighted by Gasteiger charge is 2.23. The molecule has 1 aliphatic heterocycles. The number of hydrogen-bond donors (Lipinski definition) is 1. The van der Waals surface area contributed by atoms with Gasteiger partial charge in [0.2, 0.25) is 11.8 Å². The Labute approximate surface area is 138 Å². The van der Waals surface area contributed by atoms with Gasteiger partial charge in [0.25, 0.3) is 0 Å². The smallest absolute Gasteiger partial charge is 0.246 e. The molecular formula is C19H26N2O2. The first-order chi connectivity index (χ1) is 11.1. The summed E-state index contributed by atoms with van der Waals surface area (Å²) in [7, 11) is 0. The van der Waals surface area contributed by atoms with Crippen LogP contribution in [0.15, 0.2) is 30.3 Å². The van der Waals surface area contributed by atoms with Crippen LogP contribution in [0.1, 0.15) is 43.7 Å². The highest BCUT2D eigenvalue weighted by atomic mass is 16.2. The summed E-state index contributed by atoms with van der Waals surface area (Å²) in [5.74, 6) is 0.100. The van der Waals surface area contributed by atoms with Crippen molar-refractivity contribution >= 4 is 17.9 Å². The third-order valence-corrected chi connectivity index (χ3v) is 4.04. The summed E-state index contributed by atoms with van der Waals surface area (Å²) in [6.07, 6.45) is 6.76. The summed E-state index contributed by atoms with van der Waals surface area (Å²) in [6, 6.07) is 8.14. The van der Waals surface area contributed by atoms with E-state index < -0.39 is 0 Å². The molecule has 0 aromatic heterocycles. The molecule has 1 N–H and O–H groups in total. The van der Waals surface area contributed by atoms with Gasteiger partial charge in [0, 0.05) is 31.6 Å². The molecule has 124 valence electrons. The van der Waals surface area contributed by atoms with Crippen LogP contribution >= 0.6 is 0 Å². The zero-order valence-corrected chi connectivity index (χ0v) is 14.0. The van der Waals surface area contributed by atoms with Crippen molar-refractivity contribution in [2.24, 2.45) is 0 Å². The van der Waals surface area contributed by atoms with Crippen molar-refractivity contribution in [1.29, 1.82) is 0 Å². The van der Waals surface area contributed by atoms with E-state index in [0.29, 0.717) is 13.0 Å². The average molecular weight is 314 g/mol. The van der Waals surface area contributed by atoms with Crippen LogP contribution in [-0.4, -0.2) is 35.8 Å². The van der Waals surface area contributed by atoms with E-state index in [4.69, 9.17) is 0 Å². The lowest BCUT2D eigenvalue weighted by molar-refractivity contribution is -0.129. The molecule has 4 nitrogen and oxygen atoms in total. The number of aryl methyl sites for hydroxylation is 1. The molecule has 0 bridgehead atoms. The fourth-order valence-electron chi connectivity index (χ4n) is 2.87. The van der Waals surface area contributed by atoms with E-state index in [1.807, 2.05) is 49.1 Å².